The predicted molar refractivity (Wildman–Crippen MR) is 69.2 cm³/mol. The highest BCUT2D eigenvalue weighted by Gasteiger charge is 2.83. The quantitative estimate of drug-likeness (QED) is 0.599. The second kappa shape index (κ2) is 3.30. The third-order valence-electron chi connectivity index (χ3n) is 4.27. The molecule has 4 atom stereocenters. The lowest BCUT2D eigenvalue weighted by Gasteiger charge is -2.18. The van der Waals surface area contributed by atoms with E-state index in [1.807, 2.05) is 0 Å². The minimum Gasteiger partial charge on any atom is -0.386 e. The van der Waals surface area contributed by atoms with Crippen LogP contribution < -0.4 is 5.73 Å². The number of nitrogen functional groups attached to an aromatic ring is 1. The summed E-state index contributed by atoms with van der Waals surface area (Å²) in [7, 11) is 0. The molecular formula is C13H12N4O3. The molecule has 0 bridgehead atoms. The summed E-state index contributed by atoms with van der Waals surface area (Å²) >= 11 is 0. The van der Waals surface area contributed by atoms with Gasteiger partial charge in [0.15, 0.2) is 5.60 Å². The molecule has 1 unspecified atom stereocenters. The van der Waals surface area contributed by atoms with Crippen molar-refractivity contribution in [2.75, 3.05) is 5.73 Å². The molecule has 0 amide bonds. The van der Waals surface area contributed by atoms with Gasteiger partial charge in [0, 0.05) is 12.6 Å². The van der Waals surface area contributed by atoms with Crippen molar-refractivity contribution in [2.45, 2.75) is 30.0 Å². The number of ether oxygens (including phenoxy) is 1. The number of aliphatic hydroxyl groups excluding tert-OH is 1. The molecule has 102 valence electrons. The minimum absolute atomic E-state index is 0.200. The first-order valence-corrected chi connectivity index (χ1v) is 6.16. The molecule has 1 aliphatic carbocycles. The van der Waals surface area contributed by atoms with E-state index in [1.165, 1.54) is 6.33 Å². The first-order valence-electron chi connectivity index (χ1n) is 6.16. The molecule has 7 heteroatoms. The van der Waals surface area contributed by atoms with Crippen molar-refractivity contribution < 1.29 is 14.9 Å². The molecule has 4 rings (SSSR count). The summed E-state index contributed by atoms with van der Waals surface area (Å²) in [5.41, 5.74) is 3.68. The Morgan fingerprint density at radius 3 is 3.05 bits per heavy atom. The van der Waals surface area contributed by atoms with Gasteiger partial charge in [0.25, 0.3) is 0 Å². The van der Waals surface area contributed by atoms with Crippen LogP contribution in [-0.2, 0) is 4.74 Å². The standard InChI is InChI=1S/C13H12N4O3/c1-2-13-11(18)12(13,19)5-8(20-13)17-4-3-7-9(14)15-6-16-10(7)17/h1,3-4,6,8,11,18-19H,5H2,(H2,14,15,16)/t8-,11?,12-,13-/m1/s1. The number of nitrogens with two attached hydrogens (primary N) is 1. The monoisotopic (exact) mass is 272 g/mol. The summed E-state index contributed by atoms with van der Waals surface area (Å²) in [4.78, 5) is 8.09. The van der Waals surface area contributed by atoms with Crippen molar-refractivity contribution >= 4 is 16.9 Å². The highest BCUT2D eigenvalue weighted by Crippen LogP contribution is 2.62. The molecule has 2 aromatic heterocycles. The highest BCUT2D eigenvalue weighted by atomic mass is 16.6. The first-order chi connectivity index (χ1) is 9.53. The van der Waals surface area contributed by atoms with Gasteiger partial charge in [0.2, 0.25) is 0 Å². The van der Waals surface area contributed by atoms with Crippen LogP contribution in [0.25, 0.3) is 11.0 Å². The molecule has 1 saturated carbocycles. The van der Waals surface area contributed by atoms with E-state index in [2.05, 4.69) is 15.9 Å². The zero-order valence-corrected chi connectivity index (χ0v) is 10.4. The average Bonchev–Trinajstić information content (AvgIpc) is 2.84. The summed E-state index contributed by atoms with van der Waals surface area (Å²) < 4.78 is 7.44. The van der Waals surface area contributed by atoms with Crippen molar-refractivity contribution in [3.05, 3.63) is 18.6 Å². The number of hydrogen-bond acceptors (Lipinski definition) is 6. The molecule has 2 aromatic rings. The summed E-state index contributed by atoms with van der Waals surface area (Å²) in [5.74, 6) is 2.74. The van der Waals surface area contributed by atoms with Gasteiger partial charge in [-0.1, -0.05) is 5.92 Å². The third-order valence-corrected chi connectivity index (χ3v) is 4.27. The SMILES string of the molecule is C#C[C@]12O[C@@H](n3ccc4c(N)ncnc43)C[C@@]1(O)C2O. The van der Waals surface area contributed by atoms with Crippen molar-refractivity contribution in [3.8, 4) is 12.3 Å². The maximum atomic E-state index is 10.3. The summed E-state index contributed by atoms with van der Waals surface area (Å²) in [6, 6.07) is 1.78. The van der Waals surface area contributed by atoms with Gasteiger partial charge in [-0.25, -0.2) is 9.97 Å². The molecule has 1 aliphatic heterocycles. The topological polar surface area (TPSA) is 106 Å². The number of aliphatic hydroxyl groups is 2. The Labute approximate surface area is 114 Å². The zero-order chi connectivity index (χ0) is 14.1. The molecule has 4 N–H and O–H groups in total. The molecule has 7 nitrogen and oxygen atoms in total. The van der Waals surface area contributed by atoms with E-state index in [1.54, 1.807) is 16.8 Å². The fraction of sp³-hybridized carbons (Fsp3) is 0.385. The first kappa shape index (κ1) is 11.7. The molecule has 0 spiro atoms. The van der Waals surface area contributed by atoms with Crippen LogP contribution in [0.1, 0.15) is 12.6 Å². The number of nitrogens with zero attached hydrogens (tertiary/aromatic N) is 3. The van der Waals surface area contributed by atoms with Crippen LogP contribution in [-0.4, -0.2) is 42.1 Å². The Hall–Kier alpha value is -2.14. The van der Waals surface area contributed by atoms with Gasteiger partial charge >= 0.3 is 0 Å². The molecule has 20 heavy (non-hydrogen) atoms. The minimum atomic E-state index is -1.39. The maximum Gasteiger partial charge on any atom is 0.190 e. The van der Waals surface area contributed by atoms with Gasteiger partial charge in [-0.2, -0.15) is 0 Å². The van der Waals surface area contributed by atoms with E-state index in [4.69, 9.17) is 16.9 Å². The highest BCUT2D eigenvalue weighted by molar-refractivity contribution is 5.86. The Morgan fingerprint density at radius 2 is 2.35 bits per heavy atom. The van der Waals surface area contributed by atoms with E-state index >= 15 is 0 Å². The Morgan fingerprint density at radius 1 is 1.55 bits per heavy atom. The Kier molecular flexibility index (Phi) is 1.92. The van der Waals surface area contributed by atoms with Crippen LogP contribution in [0.4, 0.5) is 5.82 Å². The number of hydrogen-bond donors (Lipinski definition) is 3. The maximum absolute atomic E-state index is 10.3. The molecule has 0 aromatic carbocycles. The fourth-order valence-corrected chi connectivity index (χ4v) is 3.04. The van der Waals surface area contributed by atoms with Gasteiger partial charge in [0.1, 0.15) is 35.7 Å². The number of fused-ring (bicyclic) bond motifs is 2. The predicted octanol–water partition coefficient (Wildman–Crippen LogP) is -0.590. The summed E-state index contributed by atoms with van der Waals surface area (Å²) in [6.45, 7) is 0. The van der Waals surface area contributed by atoms with E-state index in [9.17, 15) is 10.2 Å². The van der Waals surface area contributed by atoms with Crippen molar-refractivity contribution in [2.24, 2.45) is 0 Å². The van der Waals surface area contributed by atoms with Gasteiger partial charge in [-0.05, 0) is 6.07 Å². The second-order valence-corrected chi connectivity index (χ2v) is 5.20. The number of anilines is 1. The number of aromatic nitrogens is 3. The zero-order valence-electron chi connectivity index (χ0n) is 10.4. The van der Waals surface area contributed by atoms with Crippen LogP contribution >= 0.6 is 0 Å². The van der Waals surface area contributed by atoms with E-state index in [0.717, 1.165) is 0 Å². The molecule has 1 saturated heterocycles. The summed E-state index contributed by atoms with van der Waals surface area (Å²) in [6.07, 6.45) is 7.17. The van der Waals surface area contributed by atoms with Crippen molar-refractivity contribution in [1.82, 2.24) is 14.5 Å². The van der Waals surface area contributed by atoms with Crippen molar-refractivity contribution in [3.63, 3.8) is 0 Å². The fourth-order valence-electron chi connectivity index (χ4n) is 3.04. The molecule has 2 fully saturated rings. The molecule has 2 aliphatic rings. The van der Waals surface area contributed by atoms with Gasteiger partial charge in [-0.15, -0.1) is 6.42 Å². The number of terminal acetylenes is 1. The average molecular weight is 272 g/mol. The Bertz CT molecular complexity index is 767. The van der Waals surface area contributed by atoms with Crippen LogP contribution in [0.5, 0.6) is 0 Å². The van der Waals surface area contributed by atoms with Crippen LogP contribution in [0.3, 0.4) is 0 Å². The van der Waals surface area contributed by atoms with Crippen LogP contribution in [0.15, 0.2) is 18.6 Å². The van der Waals surface area contributed by atoms with E-state index < -0.39 is 23.5 Å². The van der Waals surface area contributed by atoms with Gasteiger partial charge < -0.3 is 25.3 Å². The lowest BCUT2D eigenvalue weighted by molar-refractivity contribution is -0.0377. The normalized spacial score (nSPS) is 38.6. The largest absolute Gasteiger partial charge is 0.386 e. The van der Waals surface area contributed by atoms with E-state index in [-0.39, 0.29) is 6.42 Å². The number of rotatable bonds is 1. The van der Waals surface area contributed by atoms with Crippen LogP contribution in [0, 0.1) is 12.3 Å². The van der Waals surface area contributed by atoms with Crippen molar-refractivity contribution in [1.29, 1.82) is 0 Å². The van der Waals surface area contributed by atoms with Gasteiger partial charge in [-0.3, -0.25) is 0 Å². The lowest BCUT2D eigenvalue weighted by atomic mass is 10.2. The van der Waals surface area contributed by atoms with Crippen LogP contribution in [0.2, 0.25) is 0 Å². The Balaban J connectivity index is 1.77. The van der Waals surface area contributed by atoms with Gasteiger partial charge in [0.05, 0.1) is 5.39 Å². The lowest BCUT2D eigenvalue weighted by Crippen LogP contribution is -2.20. The molecule has 0 radical (unpaired) electrons. The molecular weight excluding hydrogens is 260 g/mol. The van der Waals surface area contributed by atoms with E-state index in [0.29, 0.717) is 16.9 Å². The second-order valence-electron chi connectivity index (χ2n) is 5.20. The third kappa shape index (κ3) is 1.08. The molecule has 3 heterocycles. The smallest absolute Gasteiger partial charge is 0.190 e. The summed E-state index contributed by atoms with van der Waals surface area (Å²) in [5, 5.41) is 20.8.